The summed E-state index contributed by atoms with van der Waals surface area (Å²) in [5, 5.41) is 11.2. The van der Waals surface area contributed by atoms with Crippen molar-refractivity contribution in [2.45, 2.75) is 0 Å². The molecular weight excluding hydrogens is 273 g/mol. The van der Waals surface area contributed by atoms with Crippen molar-refractivity contribution < 1.29 is 4.74 Å². The fourth-order valence-electron chi connectivity index (χ4n) is 1.54. The van der Waals surface area contributed by atoms with E-state index in [-0.39, 0.29) is 0 Å². The first-order valence-corrected chi connectivity index (χ1v) is 6.20. The number of H-pyrrole nitrogens is 1. The Bertz CT molecular complexity index is 528. The number of ether oxygens (including phenoxy) is 1. The van der Waals surface area contributed by atoms with Crippen molar-refractivity contribution >= 4 is 29.0 Å². The Morgan fingerprint density at radius 3 is 3.00 bits per heavy atom. The van der Waals surface area contributed by atoms with E-state index in [0.29, 0.717) is 23.2 Å². The molecule has 1 heterocycles. The molecule has 0 bridgehead atoms. The van der Waals surface area contributed by atoms with Gasteiger partial charge in [0.2, 0.25) is 0 Å². The minimum atomic E-state index is 0.520. The molecule has 0 saturated carbocycles. The molecule has 0 saturated heterocycles. The second-order valence-electron chi connectivity index (χ2n) is 3.69. The number of hydrogen-bond donors (Lipinski definition) is 2. The lowest BCUT2D eigenvalue weighted by atomic mass is 10.1. The molecule has 0 spiro atoms. The first kappa shape index (κ1) is 13.2. The van der Waals surface area contributed by atoms with E-state index in [9.17, 15) is 0 Å². The van der Waals surface area contributed by atoms with Crippen LogP contribution in [0.3, 0.4) is 0 Å². The topological polar surface area (TPSA) is 49.9 Å². The van der Waals surface area contributed by atoms with Crippen LogP contribution in [0.4, 0.5) is 5.82 Å². The third-order valence-corrected chi connectivity index (χ3v) is 3.25. The lowest BCUT2D eigenvalue weighted by Gasteiger charge is -2.02. The van der Waals surface area contributed by atoms with E-state index >= 15 is 0 Å². The first-order chi connectivity index (χ1) is 8.72. The number of nitrogens with one attached hydrogen (secondary N) is 2. The van der Waals surface area contributed by atoms with Crippen molar-refractivity contribution in [2.75, 3.05) is 25.6 Å². The average Bonchev–Trinajstić information content (AvgIpc) is 2.82. The highest BCUT2D eigenvalue weighted by atomic mass is 35.5. The molecule has 2 rings (SSSR count). The van der Waals surface area contributed by atoms with Gasteiger partial charge in [0.25, 0.3) is 0 Å². The summed E-state index contributed by atoms with van der Waals surface area (Å²) in [7, 11) is 1.66. The van der Waals surface area contributed by atoms with E-state index < -0.39 is 0 Å². The quantitative estimate of drug-likeness (QED) is 0.828. The predicted molar refractivity (Wildman–Crippen MR) is 74.4 cm³/mol. The van der Waals surface area contributed by atoms with Crippen molar-refractivity contribution in [3.05, 3.63) is 34.3 Å². The molecule has 18 heavy (non-hydrogen) atoms. The van der Waals surface area contributed by atoms with Gasteiger partial charge in [0.1, 0.15) is 5.82 Å². The third kappa shape index (κ3) is 2.96. The summed E-state index contributed by atoms with van der Waals surface area (Å²) in [4.78, 5) is 0. The van der Waals surface area contributed by atoms with Crippen LogP contribution in [-0.4, -0.2) is 30.5 Å². The van der Waals surface area contributed by atoms with Crippen molar-refractivity contribution in [3.8, 4) is 11.3 Å². The Hall–Kier alpha value is -1.23. The van der Waals surface area contributed by atoms with Crippen LogP contribution >= 0.6 is 23.2 Å². The van der Waals surface area contributed by atoms with Gasteiger partial charge in [-0.1, -0.05) is 35.3 Å². The molecule has 0 aliphatic rings. The number of nitrogens with zero attached hydrogens (tertiary/aromatic N) is 1. The highest BCUT2D eigenvalue weighted by Gasteiger charge is 2.09. The van der Waals surface area contributed by atoms with Gasteiger partial charge in [-0.05, 0) is 6.07 Å². The highest BCUT2D eigenvalue weighted by Crippen LogP contribution is 2.32. The monoisotopic (exact) mass is 285 g/mol. The maximum Gasteiger partial charge on any atom is 0.148 e. The van der Waals surface area contributed by atoms with Gasteiger partial charge in [-0.3, -0.25) is 5.10 Å². The van der Waals surface area contributed by atoms with Gasteiger partial charge < -0.3 is 10.1 Å². The Morgan fingerprint density at radius 2 is 2.22 bits per heavy atom. The third-order valence-electron chi connectivity index (χ3n) is 2.43. The summed E-state index contributed by atoms with van der Waals surface area (Å²) in [6.45, 7) is 1.32. The zero-order valence-electron chi connectivity index (χ0n) is 9.84. The fraction of sp³-hybridized carbons (Fsp3) is 0.250. The number of halogens is 2. The minimum Gasteiger partial charge on any atom is -0.383 e. The summed E-state index contributed by atoms with van der Waals surface area (Å²) >= 11 is 12.1. The zero-order chi connectivity index (χ0) is 13.0. The number of hydrogen-bond acceptors (Lipinski definition) is 3. The lowest BCUT2D eigenvalue weighted by molar-refractivity contribution is 0.210. The second-order valence-corrected chi connectivity index (χ2v) is 4.47. The normalized spacial score (nSPS) is 10.6. The minimum absolute atomic E-state index is 0.520. The first-order valence-electron chi connectivity index (χ1n) is 5.45. The van der Waals surface area contributed by atoms with Gasteiger partial charge in [-0.2, -0.15) is 5.10 Å². The number of aromatic nitrogens is 2. The van der Waals surface area contributed by atoms with Crippen LogP contribution in [0.25, 0.3) is 11.3 Å². The molecular formula is C12H13Cl2N3O. The van der Waals surface area contributed by atoms with Crippen molar-refractivity contribution in [1.29, 1.82) is 0 Å². The lowest BCUT2D eigenvalue weighted by Crippen LogP contribution is -2.07. The van der Waals surface area contributed by atoms with Gasteiger partial charge in [-0.15, -0.1) is 0 Å². The number of rotatable bonds is 5. The maximum absolute atomic E-state index is 6.14. The smallest absolute Gasteiger partial charge is 0.148 e. The Kier molecular flexibility index (Phi) is 4.47. The summed E-state index contributed by atoms with van der Waals surface area (Å²) in [6, 6.07) is 7.37. The number of benzene rings is 1. The van der Waals surface area contributed by atoms with E-state index in [1.807, 2.05) is 18.2 Å². The van der Waals surface area contributed by atoms with E-state index in [2.05, 4.69) is 15.5 Å². The van der Waals surface area contributed by atoms with Gasteiger partial charge in [0.15, 0.2) is 0 Å². The van der Waals surface area contributed by atoms with Crippen molar-refractivity contribution in [3.63, 3.8) is 0 Å². The molecule has 0 aliphatic heterocycles. The second kappa shape index (κ2) is 6.09. The number of anilines is 1. The van der Waals surface area contributed by atoms with Crippen LogP contribution in [0.1, 0.15) is 0 Å². The molecule has 4 nitrogen and oxygen atoms in total. The fourth-order valence-corrected chi connectivity index (χ4v) is 1.95. The molecule has 0 unspecified atom stereocenters. The molecule has 0 amide bonds. The molecule has 0 atom stereocenters. The van der Waals surface area contributed by atoms with Crippen molar-refractivity contribution in [1.82, 2.24) is 10.2 Å². The zero-order valence-corrected chi connectivity index (χ0v) is 11.3. The standard InChI is InChI=1S/C12H13Cl2N3O/c1-18-6-5-15-11-7-10(16-17-11)8-3-2-4-9(13)12(8)14/h2-4,7H,5-6H2,1H3,(H2,15,16,17). The Morgan fingerprint density at radius 1 is 1.39 bits per heavy atom. The van der Waals surface area contributed by atoms with E-state index in [1.165, 1.54) is 0 Å². The molecule has 96 valence electrons. The molecule has 1 aromatic carbocycles. The molecule has 1 aromatic heterocycles. The summed E-state index contributed by atoms with van der Waals surface area (Å²) in [5.41, 5.74) is 1.65. The molecule has 0 aliphatic carbocycles. The van der Waals surface area contributed by atoms with Crippen molar-refractivity contribution in [2.24, 2.45) is 0 Å². The van der Waals surface area contributed by atoms with E-state index in [1.54, 1.807) is 13.2 Å². The van der Waals surface area contributed by atoms with Crippen LogP contribution in [0.15, 0.2) is 24.3 Å². The van der Waals surface area contributed by atoms with E-state index in [4.69, 9.17) is 27.9 Å². The van der Waals surface area contributed by atoms with Crippen LogP contribution in [-0.2, 0) is 4.74 Å². The van der Waals surface area contributed by atoms with Gasteiger partial charge in [-0.25, -0.2) is 0 Å². The van der Waals surface area contributed by atoms with Crippen LogP contribution < -0.4 is 5.32 Å². The molecule has 6 heteroatoms. The Labute approximate surface area is 115 Å². The maximum atomic E-state index is 6.14. The van der Waals surface area contributed by atoms with E-state index in [0.717, 1.165) is 17.1 Å². The molecule has 2 aromatic rings. The summed E-state index contributed by atoms with van der Waals surface area (Å²) in [6.07, 6.45) is 0. The average molecular weight is 286 g/mol. The molecule has 0 fully saturated rings. The summed E-state index contributed by atoms with van der Waals surface area (Å²) in [5.74, 6) is 0.748. The molecule has 2 N–H and O–H groups in total. The summed E-state index contributed by atoms with van der Waals surface area (Å²) < 4.78 is 4.95. The largest absolute Gasteiger partial charge is 0.383 e. The Balaban J connectivity index is 2.16. The van der Waals surface area contributed by atoms with Crippen LogP contribution in [0, 0.1) is 0 Å². The van der Waals surface area contributed by atoms with Crippen LogP contribution in [0.2, 0.25) is 10.0 Å². The number of methoxy groups -OCH3 is 1. The van der Waals surface area contributed by atoms with Gasteiger partial charge in [0.05, 0.1) is 22.3 Å². The highest BCUT2D eigenvalue weighted by molar-refractivity contribution is 6.43. The SMILES string of the molecule is COCCNc1cc(-c2cccc(Cl)c2Cl)[nH]n1. The van der Waals surface area contributed by atoms with Gasteiger partial charge >= 0.3 is 0 Å². The number of aromatic amines is 1. The molecule has 0 radical (unpaired) electrons. The van der Waals surface area contributed by atoms with Crippen LogP contribution in [0.5, 0.6) is 0 Å². The van der Waals surface area contributed by atoms with Gasteiger partial charge in [0, 0.05) is 25.3 Å². The predicted octanol–water partition coefficient (Wildman–Crippen LogP) is 3.44.